The van der Waals surface area contributed by atoms with Crippen LogP contribution in [-0.2, 0) is 35.0 Å². The largest absolute Gasteiger partial charge is 0.457 e. The van der Waals surface area contributed by atoms with Crippen LogP contribution in [0.2, 0.25) is 0 Å². The number of carbonyl (C=O) groups excluding carboxylic acids is 5. The third-order valence-corrected chi connectivity index (χ3v) is 13.3. The molecule has 3 amide bonds. The first-order chi connectivity index (χ1) is 29.1. The zero-order valence-electron chi connectivity index (χ0n) is 39.4. The van der Waals surface area contributed by atoms with Gasteiger partial charge >= 0.3 is 18.2 Å². The molecule has 350 valence electrons. The summed E-state index contributed by atoms with van der Waals surface area (Å²) in [7, 11) is 0. The molecule has 3 rings (SSSR count). The topological polar surface area (TPSA) is 181 Å². The van der Waals surface area contributed by atoms with E-state index in [9.17, 15) is 29.1 Å². The number of aliphatic hydroxyl groups is 1. The van der Waals surface area contributed by atoms with Crippen molar-refractivity contribution in [2.24, 2.45) is 22.2 Å². The molecule has 2 unspecified atom stereocenters. The van der Waals surface area contributed by atoms with E-state index < -0.39 is 34.9 Å². The van der Waals surface area contributed by atoms with E-state index in [0.717, 1.165) is 54.4 Å². The molecule has 14 heteroatoms. The zero-order valence-corrected chi connectivity index (χ0v) is 40.2. The van der Waals surface area contributed by atoms with Gasteiger partial charge in [0.05, 0.1) is 12.2 Å². The number of benzene rings is 1. The first-order valence-corrected chi connectivity index (χ1v) is 23.8. The molecule has 0 heterocycles. The minimum Gasteiger partial charge on any atom is -0.457 e. The number of thioether (sulfide) groups is 1. The number of alkyl carbamates (subject to hydrolysis) is 2. The Kier molecular flexibility index (Phi) is 20.3. The van der Waals surface area contributed by atoms with Gasteiger partial charge in [0.15, 0.2) is 0 Å². The van der Waals surface area contributed by atoms with Crippen molar-refractivity contribution >= 4 is 42.1 Å². The van der Waals surface area contributed by atoms with Crippen molar-refractivity contribution in [3.05, 3.63) is 41.0 Å². The molecule has 5 N–H and O–H groups in total. The summed E-state index contributed by atoms with van der Waals surface area (Å²) in [5.74, 6) is -0.218. The number of aldehydes is 1. The number of hydrogen-bond donors (Lipinski definition) is 5. The first-order valence-electron chi connectivity index (χ1n) is 22.8. The minimum absolute atomic E-state index is 0.0151. The van der Waals surface area contributed by atoms with Crippen LogP contribution in [0.15, 0.2) is 40.3 Å². The second-order valence-electron chi connectivity index (χ2n) is 19.6. The summed E-state index contributed by atoms with van der Waals surface area (Å²) in [5, 5.41) is 22.0. The molecular formula is C48H78N4O9S. The Balaban J connectivity index is 1.64. The third kappa shape index (κ3) is 15.6. The highest BCUT2D eigenvalue weighted by atomic mass is 32.2. The van der Waals surface area contributed by atoms with E-state index in [1.807, 2.05) is 52.0 Å². The molecule has 0 aromatic heterocycles. The van der Waals surface area contributed by atoms with Crippen molar-refractivity contribution in [1.29, 1.82) is 0 Å². The zero-order chi connectivity index (χ0) is 46.2. The van der Waals surface area contributed by atoms with E-state index in [4.69, 9.17) is 14.2 Å². The van der Waals surface area contributed by atoms with Crippen molar-refractivity contribution in [2.45, 2.75) is 162 Å². The standard InChI is InChI=1S/C48H78N4O9S/c1-11-19-47-20-21-48(47,34(3)31-53)29-38(47)37(12-2)39(30-46(10,33-54)22-27-49-23-13-25-51-42(57)60-44(4,5)6)59-41(56)32-62-36-17-15-35(16-18-36)28-40(55)50-24-14-26-52-43(58)61-45(7,8)9/h15-18,33-34,39,49,53H,11-14,19-32H2,1-10H3,(H,50,55)(H,51,57)(H,52,58)/b38-37-/t34-,39+,46-,47?,48?/m0/s1. The molecule has 0 spiro atoms. The number of ether oxygens (including phenoxy) is 3. The Bertz CT molecular complexity index is 1670. The van der Waals surface area contributed by atoms with Crippen molar-refractivity contribution < 1.29 is 43.3 Å². The number of allylic oxidation sites excluding steroid dienone is 1. The fraction of sp³-hybridized carbons (Fsp3) is 0.729. The average molecular weight is 887 g/mol. The second kappa shape index (κ2) is 23.9. The number of nitrogens with one attached hydrogen (secondary N) is 4. The molecule has 0 saturated heterocycles. The van der Waals surface area contributed by atoms with Gasteiger partial charge < -0.3 is 45.4 Å². The lowest BCUT2D eigenvalue weighted by atomic mass is 9.31. The SMILES string of the molecule is CCCC12CCC1([C@@H](C)CO)C/C2=C(\CC)[C@@H](C[C@@](C)(C=O)CCNCCCNC(=O)OC(C)(C)C)OC(=O)CSc1ccc(CC(=O)NCCCNC(=O)OC(C)(C)C)cc1. The number of carbonyl (C=O) groups is 5. The van der Waals surface area contributed by atoms with Crippen LogP contribution in [-0.4, -0.2) is 97.8 Å². The molecule has 0 bridgehead atoms. The van der Waals surface area contributed by atoms with Crippen LogP contribution in [0.25, 0.3) is 0 Å². The van der Waals surface area contributed by atoms with Crippen LogP contribution in [0.5, 0.6) is 0 Å². The van der Waals surface area contributed by atoms with Crippen LogP contribution < -0.4 is 21.3 Å². The van der Waals surface area contributed by atoms with E-state index in [2.05, 4.69) is 42.0 Å². The number of fused-ring (bicyclic) bond motifs is 1. The maximum absolute atomic E-state index is 13.8. The lowest BCUT2D eigenvalue weighted by molar-refractivity contribution is -0.173. The average Bonchev–Trinajstić information content (AvgIpc) is 3.18. The summed E-state index contributed by atoms with van der Waals surface area (Å²) in [6.45, 7) is 21.9. The van der Waals surface area contributed by atoms with Gasteiger partial charge in [0.2, 0.25) is 5.91 Å². The molecule has 13 nitrogen and oxygen atoms in total. The number of esters is 1. The Morgan fingerprint density at radius 3 is 1.97 bits per heavy atom. The Morgan fingerprint density at radius 1 is 0.855 bits per heavy atom. The van der Waals surface area contributed by atoms with Gasteiger partial charge in [-0.25, -0.2) is 9.59 Å². The molecule has 2 aliphatic rings. The van der Waals surface area contributed by atoms with E-state index in [1.54, 1.807) is 20.8 Å². The quantitative estimate of drug-likeness (QED) is 0.0152. The maximum Gasteiger partial charge on any atom is 0.407 e. The van der Waals surface area contributed by atoms with E-state index in [-0.39, 0.29) is 47.4 Å². The van der Waals surface area contributed by atoms with E-state index in [1.165, 1.54) is 17.3 Å². The van der Waals surface area contributed by atoms with Crippen molar-refractivity contribution in [3.8, 4) is 0 Å². The maximum atomic E-state index is 13.8. The van der Waals surface area contributed by atoms with Crippen LogP contribution in [0.1, 0.15) is 139 Å². The highest BCUT2D eigenvalue weighted by Gasteiger charge is 2.69. The van der Waals surface area contributed by atoms with Crippen molar-refractivity contribution in [3.63, 3.8) is 0 Å². The number of amides is 3. The van der Waals surface area contributed by atoms with Gasteiger partial charge in [0.25, 0.3) is 0 Å². The Hall–Kier alpha value is -3.62. The minimum atomic E-state index is -0.767. The van der Waals surface area contributed by atoms with Crippen LogP contribution in [0.3, 0.4) is 0 Å². The van der Waals surface area contributed by atoms with Gasteiger partial charge in [-0.05, 0) is 146 Å². The monoisotopic (exact) mass is 887 g/mol. The summed E-state index contributed by atoms with van der Waals surface area (Å²) < 4.78 is 17.0. The van der Waals surface area contributed by atoms with Crippen molar-refractivity contribution in [1.82, 2.24) is 21.3 Å². The van der Waals surface area contributed by atoms with Crippen LogP contribution in [0, 0.1) is 22.2 Å². The molecule has 0 radical (unpaired) electrons. The summed E-state index contributed by atoms with van der Waals surface area (Å²) in [5.41, 5.74) is 1.47. The summed E-state index contributed by atoms with van der Waals surface area (Å²) >= 11 is 1.37. The molecule has 2 saturated carbocycles. The fourth-order valence-corrected chi connectivity index (χ4v) is 9.78. The molecule has 2 fully saturated rings. The Labute approximate surface area is 375 Å². The number of rotatable bonds is 26. The van der Waals surface area contributed by atoms with Crippen molar-refractivity contribution in [2.75, 3.05) is 45.1 Å². The second-order valence-corrected chi connectivity index (χ2v) is 20.6. The van der Waals surface area contributed by atoms with Crippen LogP contribution in [0.4, 0.5) is 9.59 Å². The summed E-state index contributed by atoms with van der Waals surface area (Å²) in [6.07, 6.45) is 7.66. The molecule has 5 atom stereocenters. The molecule has 1 aromatic rings. The van der Waals surface area contributed by atoms with Gasteiger partial charge in [0.1, 0.15) is 23.6 Å². The van der Waals surface area contributed by atoms with Gasteiger partial charge in [-0.2, -0.15) is 0 Å². The highest BCUT2D eigenvalue weighted by molar-refractivity contribution is 8.00. The van der Waals surface area contributed by atoms with E-state index >= 15 is 0 Å². The van der Waals surface area contributed by atoms with Gasteiger partial charge in [-0.3, -0.25) is 9.59 Å². The third-order valence-electron chi connectivity index (χ3n) is 12.3. The van der Waals surface area contributed by atoms with Gasteiger partial charge in [0, 0.05) is 43.0 Å². The van der Waals surface area contributed by atoms with Crippen LogP contribution >= 0.6 is 11.8 Å². The molecule has 2 aliphatic carbocycles. The Morgan fingerprint density at radius 2 is 1.45 bits per heavy atom. The predicted molar refractivity (Wildman–Crippen MR) is 245 cm³/mol. The highest BCUT2D eigenvalue weighted by Crippen LogP contribution is 2.78. The molecule has 1 aromatic carbocycles. The lowest BCUT2D eigenvalue weighted by Gasteiger charge is -2.73. The lowest BCUT2D eigenvalue weighted by Crippen LogP contribution is -2.65. The predicted octanol–water partition coefficient (Wildman–Crippen LogP) is 8.06. The van der Waals surface area contributed by atoms with Gasteiger partial charge in [-0.15, -0.1) is 11.8 Å². The molecule has 0 aliphatic heterocycles. The van der Waals surface area contributed by atoms with Gasteiger partial charge in [-0.1, -0.05) is 51.8 Å². The smallest absolute Gasteiger partial charge is 0.407 e. The number of hydrogen-bond acceptors (Lipinski definition) is 11. The van der Waals surface area contributed by atoms with E-state index in [0.29, 0.717) is 64.8 Å². The summed E-state index contributed by atoms with van der Waals surface area (Å²) in [4.78, 5) is 63.8. The molecule has 62 heavy (non-hydrogen) atoms. The normalized spacial score (nSPS) is 21.1. The summed E-state index contributed by atoms with van der Waals surface area (Å²) in [6, 6.07) is 7.55. The molecular weight excluding hydrogens is 809 g/mol. The first kappa shape index (κ1) is 52.7. The number of aliphatic hydroxyl groups excluding tert-OH is 1. The fourth-order valence-electron chi connectivity index (χ4n) is 9.10.